The molecule has 0 saturated carbocycles. The van der Waals surface area contributed by atoms with Crippen LogP contribution < -0.4 is 5.32 Å². The second-order valence-corrected chi connectivity index (χ2v) is 6.21. The fourth-order valence-electron chi connectivity index (χ4n) is 3.09. The maximum Gasteiger partial charge on any atom is 0.242 e. The molecule has 0 radical (unpaired) electrons. The quantitative estimate of drug-likeness (QED) is 0.807. The summed E-state index contributed by atoms with van der Waals surface area (Å²) < 4.78 is 1.81. The molecule has 2 aromatic heterocycles. The summed E-state index contributed by atoms with van der Waals surface area (Å²) in [6, 6.07) is 3.94. The first-order valence-corrected chi connectivity index (χ1v) is 8.78. The van der Waals surface area contributed by atoms with Crippen molar-refractivity contribution in [2.75, 3.05) is 0 Å². The number of hydrogen-bond acceptors (Lipinski definition) is 3. The number of hydrogen-bond donors (Lipinski definition) is 1. The van der Waals surface area contributed by atoms with Crippen molar-refractivity contribution < 1.29 is 4.79 Å². The van der Waals surface area contributed by atoms with Crippen molar-refractivity contribution in [2.45, 2.75) is 66.0 Å². The number of carbonyl (C=O) groups excluding carboxylic acids is 1. The Morgan fingerprint density at radius 3 is 2.71 bits per heavy atom. The second-order valence-electron chi connectivity index (χ2n) is 6.21. The van der Waals surface area contributed by atoms with Crippen molar-refractivity contribution in [3.05, 3.63) is 47.0 Å². The summed E-state index contributed by atoms with van der Waals surface area (Å²) in [5.74, 6) is -0.00629. The van der Waals surface area contributed by atoms with E-state index in [1.165, 1.54) is 5.56 Å². The maximum atomic E-state index is 12.5. The summed E-state index contributed by atoms with van der Waals surface area (Å²) in [5, 5.41) is 7.66. The third-order valence-corrected chi connectivity index (χ3v) is 4.45. The molecule has 0 fully saturated rings. The van der Waals surface area contributed by atoms with E-state index in [-0.39, 0.29) is 18.5 Å². The molecule has 2 rings (SSSR count). The average molecular weight is 328 g/mol. The zero-order valence-electron chi connectivity index (χ0n) is 15.2. The molecule has 2 aromatic rings. The predicted octanol–water partition coefficient (Wildman–Crippen LogP) is 3.51. The van der Waals surface area contributed by atoms with Crippen molar-refractivity contribution in [3.8, 4) is 0 Å². The van der Waals surface area contributed by atoms with Crippen LogP contribution in [0.4, 0.5) is 0 Å². The van der Waals surface area contributed by atoms with E-state index < -0.39 is 0 Å². The number of nitrogens with one attached hydrogen (secondary N) is 1. The van der Waals surface area contributed by atoms with E-state index in [1.807, 2.05) is 36.9 Å². The molecule has 1 atom stereocenters. The first-order valence-electron chi connectivity index (χ1n) is 8.78. The van der Waals surface area contributed by atoms with Gasteiger partial charge in [0.2, 0.25) is 5.91 Å². The molecule has 0 aromatic carbocycles. The minimum absolute atomic E-state index is 0.00629. The summed E-state index contributed by atoms with van der Waals surface area (Å²) in [6.45, 7) is 8.56. The Kier molecular flexibility index (Phi) is 6.53. The normalized spacial score (nSPS) is 12.2. The molecule has 1 amide bonds. The van der Waals surface area contributed by atoms with Crippen LogP contribution in [0.25, 0.3) is 0 Å². The third-order valence-electron chi connectivity index (χ3n) is 4.45. The lowest BCUT2D eigenvalue weighted by Crippen LogP contribution is -2.32. The molecule has 0 saturated heterocycles. The highest BCUT2D eigenvalue weighted by atomic mass is 16.2. The highest BCUT2D eigenvalue weighted by molar-refractivity contribution is 5.76. The predicted molar refractivity (Wildman–Crippen MR) is 95.7 cm³/mol. The topological polar surface area (TPSA) is 59.8 Å². The van der Waals surface area contributed by atoms with Crippen LogP contribution in [-0.2, 0) is 17.8 Å². The van der Waals surface area contributed by atoms with Gasteiger partial charge in [-0.2, -0.15) is 5.10 Å². The Hall–Kier alpha value is -2.17. The van der Waals surface area contributed by atoms with Crippen LogP contribution in [0.1, 0.15) is 61.7 Å². The van der Waals surface area contributed by atoms with Crippen molar-refractivity contribution >= 4 is 5.91 Å². The SMILES string of the molecule is CCCC[C@@H](NC(=O)Cn1nc(C)c(CC)c1C)c1cccnc1. The fraction of sp³-hybridized carbons (Fsp3) is 0.526. The summed E-state index contributed by atoms with van der Waals surface area (Å²) in [7, 11) is 0. The highest BCUT2D eigenvalue weighted by Crippen LogP contribution is 2.19. The van der Waals surface area contributed by atoms with Gasteiger partial charge in [-0.15, -0.1) is 0 Å². The summed E-state index contributed by atoms with van der Waals surface area (Å²) in [5.41, 5.74) is 4.38. The van der Waals surface area contributed by atoms with Gasteiger partial charge in [-0.3, -0.25) is 14.5 Å². The number of carbonyl (C=O) groups is 1. The molecule has 0 spiro atoms. The Labute approximate surface area is 144 Å². The molecule has 24 heavy (non-hydrogen) atoms. The standard InChI is InChI=1S/C19H28N4O/c1-5-7-10-18(16-9-8-11-20-12-16)21-19(24)13-23-15(4)17(6-2)14(3)22-23/h8-9,11-12,18H,5-7,10,13H2,1-4H3,(H,21,24)/t18-/m1/s1. The van der Waals surface area contributed by atoms with Crippen LogP contribution >= 0.6 is 0 Å². The van der Waals surface area contributed by atoms with Gasteiger partial charge < -0.3 is 5.32 Å². The highest BCUT2D eigenvalue weighted by Gasteiger charge is 2.17. The van der Waals surface area contributed by atoms with Crippen LogP contribution in [-0.4, -0.2) is 20.7 Å². The lowest BCUT2D eigenvalue weighted by molar-refractivity contribution is -0.122. The number of aromatic nitrogens is 3. The van der Waals surface area contributed by atoms with E-state index in [1.54, 1.807) is 6.20 Å². The van der Waals surface area contributed by atoms with E-state index in [0.717, 1.165) is 42.6 Å². The molecule has 0 aliphatic rings. The fourth-order valence-corrected chi connectivity index (χ4v) is 3.09. The molecule has 0 aliphatic carbocycles. The number of nitrogens with zero attached hydrogens (tertiary/aromatic N) is 3. The molecule has 2 heterocycles. The van der Waals surface area contributed by atoms with Gasteiger partial charge in [0.1, 0.15) is 6.54 Å². The van der Waals surface area contributed by atoms with E-state index >= 15 is 0 Å². The van der Waals surface area contributed by atoms with Crippen molar-refractivity contribution in [3.63, 3.8) is 0 Å². The summed E-state index contributed by atoms with van der Waals surface area (Å²) in [4.78, 5) is 16.7. The molecule has 130 valence electrons. The van der Waals surface area contributed by atoms with Crippen LogP contribution in [0.3, 0.4) is 0 Å². The van der Waals surface area contributed by atoms with Gasteiger partial charge in [-0.1, -0.05) is 32.8 Å². The van der Waals surface area contributed by atoms with E-state index in [2.05, 4.69) is 29.2 Å². The summed E-state index contributed by atoms with van der Waals surface area (Å²) in [6.07, 6.45) is 7.62. The maximum absolute atomic E-state index is 12.5. The zero-order valence-corrected chi connectivity index (χ0v) is 15.2. The average Bonchev–Trinajstić information content (AvgIpc) is 2.85. The van der Waals surface area contributed by atoms with Crippen LogP contribution in [0.15, 0.2) is 24.5 Å². The van der Waals surface area contributed by atoms with Gasteiger partial charge in [0.15, 0.2) is 0 Å². The number of rotatable bonds is 8. The number of amides is 1. The Morgan fingerprint density at radius 1 is 1.33 bits per heavy atom. The third kappa shape index (κ3) is 4.43. The number of unbranched alkanes of at least 4 members (excludes halogenated alkanes) is 1. The largest absolute Gasteiger partial charge is 0.348 e. The van der Waals surface area contributed by atoms with Crippen molar-refractivity contribution in [1.29, 1.82) is 0 Å². The van der Waals surface area contributed by atoms with E-state index in [0.29, 0.717) is 0 Å². The molecular weight excluding hydrogens is 300 g/mol. The molecule has 0 bridgehead atoms. The van der Waals surface area contributed by atoms with Crippen LogP contribution in [0, 0.1) is 13.8 Å². The van der Waals surface area contributed by atoms with Gasteiger partial charge in [-0.05, 0) is 43.9 Å². The first kappa shape index (κ1) is 18.2. The van der Waals surface area contributed by atoms with Gasteiger partial charge in [0, 0.05) is 18.1 Å². The van der Waals surface area contributed by atoms with Gasteiger partial charge in [0.25, 0.3) is 0 Å². The monoisotopic (exact) mass is 328 g/mol. The smallest absolute Gasteiger partial charge is 0.242 e. The Morgan fingerprint density at radius 2 is 2.12 bits per heavy atom. The van der Waals surface area contributed by atoms with Crippen molar-refractivity contribution in [2.24, 2.45) is 0 Å². The molecule has 0 aliphatic heterocycles. The minimum Gasteiger partial charge on any atom is -0.348 e. The summed E-state index contributed by atoms with van der Waals surface area (Å²) >= 11 is 0. The van der Waals surface area contributed by atoms with Crippen LogP contribution in [0.2, 0.25) is 0 Å². The Balaban J connectivity index is 2.08. The lowest BCUT2D eigenvalue weighted by Gasteiger charge is -2.19. The number of aryl methyl sites for hydroxylation is 1. The lowest BCUT2D eigenvalue weighted by atomic mass is 10.0. The first-order chi connectivity index (χ1) is 11.6. The molecule has 0 unspecified atom stereocenters. The molecule has 5 nitrogen and oxygen atoms in total. The minimum atomic E-state index is -0.00629. The van der Waals surface area contributed by atoms with E-state index in [4.69, 9.17) is 0 Å². The second kappa shape index (κ2) is 8.62. The Bertz CT molecular complexity index is 664. The number of pyridine rings is 1. The van der Waals surface area contributed by atoms with E-state index in [9.17, 15) is 4.79 Å². The molecule has 5 heteroatoms. The zero-order chi connectivity index (χ0) is 17.5. The van der Waals surface area contributed by atoms with Gasteiger partial charge >= 0.3 is 0 Å². The van der Waals surface area contributed by atoms with Gasteiger partial charge in [-0.25, -0.2) is 0 Å². The van der Waals surface area contributed by atoms with Gasteiger partial charge in [0.05, 0.1) is 11.7 Å². The molecule has 1 N–H and O–H groups in total. The van der Waals surface area contributed by atoms with Crippen LogP contribution in [0.5, 0.6) is 0 Å². The van der Waals surface area contributed by atoms with Crippen molar-refractivity contribution in [1.82, 2.24) is 20.1 Å². The molecular formula is C19H28N4O.